The minimum atomic E-state index is -0.797. The number of hydrogen-bond donors (Lipinski definition) is 0. The van der Waals surface area contributed by atoms with E-state index in [0.717, 1.165) is 122 Å². The van der Waals surface area contributed by atoms with E-state index in [4.69, 9.17) is 14.2 Å². The zero-order chi connectivity index (χ0) is 54.3. The monoisotopic (exact) mass is 1040 g/mol. The third-order valence-corrected chi connectivity index (χ3v) is 13.2. The van der Waals surface area contributed by atoms with E-state index in [9.17, 15) is 14.4 Å². The summed E-state index contributed by atoms with van der Waals surface area (Å²) >= 11 is 0. The molecule has 0 bridgehead atoms. The molecule has 0 rings (SSSR count). The van der Waals surface area contributed by atoms with Crippen LogP contribution in [0.4, 0.5) is 0 Å². The first-order valence-electron chi connectivity index (χ1n) is 31.4. The smallest absolute Gasteiger partial charge is 0.306 e. The lowest BCUT2D eigenvalue weighted by molar-refractivity contribution is -0.167. The Balaban J connectivity index is 4.41. The van der Waals surface area contributed by atoms with Gasteiger partial charge in [0.1, 0.15) is 13.2 Å². The molecule has 0 aliphatic rings. The molecule has 0 N–H and O–H groups in total. The van der Waals surface area contributed by atoms with Crippen LogP contribution in [0, 0.1) is 0 Å². The molecule has 0 aromatic heterocycles. The molecule has 0 fully saturated rings. The van der Waals surface area contributed by atoms with E-state index in [2.05, 4.69) is 130 Å². The van der Waals surface area contributed by atoms with Crippen molar-refractivity contribution in [3.8, 4) is 0 Å². The highest BCUT2D eigenvalue weighted by atomic mass is 16.6. The molecule has 0 heterocycles. The molecule has 1 unspecified atom stereocenters. The SMILES string of the molecule is CC/C=C\C/C=C\C/C=C\C/C=C\CCCCCCCCCCCCC(=O)OCC(COC(=O)CCCCCCCCC/C=C\CCCCCCCC)OC(=O)CCCCCC/C=C\C/C=C\C/C=C\C/C=C\CC. The molecule has 1 atom stereocenters. The molecule has 0 aliphatic heterocycles. The van der Waals surface area contributed by atoms with Gasteiger partial charge in [-0.3, -0.25) is 14.4 Å². The van der Waals surface area contributed by atoms with Crippen LogP contribution in [0.5, 0.6) is 0 Å². The van der Waals surface area contributed by atoms with Crippen molar-refractivity contribution in [1.82, 2.24) is 0 Å². The number of rotatable bonds is 56. The molecule has 0 amide bonds. The van der Waals surface area contributed by atoms with Crippen LogP contribution in [0.25, 0.3) is 0 Å². The van der Waals surface area contributed by atoms with Crippen LogP contribution < -0.4 is 0 Å². The van der Waals surface area contributed by atoms with Gasteiger partial charge in [0, 0.05) is 19.3 Å². The molecule has 0 radical (unpaired) electrons. The van der Waals surface area contributed by atoms with Gasteiger partial charge in [-0.05, 0) is 122 Å². The number of carbonyl (C=O) groups excluding carboxylic acids is 3. The van der Waals surface area contributed by atoms with E-state index in [1.54, 1.807) is 0 Å². The van der Waals surface area contributed by atoms with Gasteiger partial charge in [-0.15, -0.1) is 0 Å². The average molecular weight is 1040 g/mol. The van der Waals surface area contributed by atoms with E-state index in [-0.39, 0.29) is 31.1 Å². The summed E-state index contributed by atoms with van der Waals surface area (Å²) in [4.78, 5) is 38.3. The fourth-order valence-electron chi connectivity index (χ4n) is 8.60. The van der Waals surface area contributed by atoms with Crippen molar-refractivity contribution in [2.24, 2.45) is 0 Å². The third kappa shape index (κ3) is 60.8. The fourth-order valence-corrected chi connectivity index (χ4v) is 8.60. The molecular formula is C69H116O6. The Morgan fingerprint density at radius 1 is 0.280 bits per heavy atom. The molecule has 0 saturated carbocycles. The van der Waals surface area contributed by atoms with Crippen LogP contribution in [0.15, 0.2) is 109 Å². The lowest BCUT2D eigenvalue weighted by Gasteiger charge is -2.18. The van der Waals surface area contributed by atoms with Gasteiger partial charge in [-0.2, -0.15) is 0 Å². The quantitative estimate of drug-likeness (QED) is 0.0261. The van der Waals surface area contributed by atoms with E-state index in [1.807, 2.05) is 0 Å². The van der Waals surface area contributed by atoms with Crippen LogP contribution in [0.2, 0.25) is 0 Å². The van der Waals surface area contributed by atoms with Crippen LogP contribution in [0.3, 0.4) is 0 Å². The average Bonchev–Trinajstić information content (AvgIpc) is 3.41. The molecule has 75 heavy (non-hydrogen) atoms. The zero-order valence-corrected chi connectivity index (χ0v) is 49.0. The molecule has 6 nitrogen and oxygen atoms in total. The first kappa shape index (κ1) is 71.1. The van der Waals surface area contributed by atoms with Gasteiger partial charge < -0.3 is 14.2 Å². The Kier molecular flexibility index (Phi) is 59.3. The number of esters is 3. The molecule has 0 aromatic rings. The van der Waals surface area contributed by atoms with Gasteiger partial charge in [0.15, 0.2) is 6.10 Å². The van der Waals surface area contributed by atoms with Gasteiger partial charge in [0.2, 0.25) is 0 Å². The van der Waals surface area contributed by atoms with Crippen LogP contribution in [-0.2, 0) is 28.6 Å². The fraction of sp³-hybridized carbons (Fsp3) is 0.696. The van der Waals surface area contributed by atoms with Crippen molar-refractivity contribution >= 4 is 17.9 Å². The Morgan fingerprint density at radius 2 is 0.520 bits per heavy atom. The summed E-state index contributed by atoms with van der Waals surface area (Å²) in [5.74, 6) is -0.918. The number of unbranched alkanes of at least 4 members (excludes halogenated alkanes) is 27. The maximum absolute atomic E-state index is 12.9. The van der Waals surface area contributed by atoms with Crippen molar-refractivity contribution in [2.75, 3.05) is 13.2 Å². The van der Waals surface area contributed by atoms with Gasteiger partial charge in [-0.25, -0.2) is 0 Å². The first-order valence-corrected chi connectivity index (χ1v) is 31.4. The topological polar surface area (TPSA) is 78.9 Å². The Bertz CT molecular complexity index is 1520. The number of carbonyl (C=O) groups is 3. The number of hydrogen-bond acceptors (Lipinski definition) is 6. The van der Waals surface area contributed by atoms with E-state index >= 15 is 0 Å². The predicted octanol–water partition coefficient (Wildman–Crippen LogP) is 21.4. The van der Waals surface area contributed by atoms with Crippen LogP contribution in [-0.4, -0.2) is 37.2 Å². The minimum absolute atomic E-state index is 0.0919. The van der Waals surface area contributed by atoms with Crippen LogP contribution in [0.1, 0.15) is 290 Å². The predicted molar refractivity (Wildman–Crippen MR) is 325 cm³/mol. The van der Waals surface area contributed by atoms with Gasteiger partial charge in [0.25, 0.3) is 0 Å². The second-order valence-electron chi connectivity index (χ2n) is 20.5. The molecule has 0 spiro atoms. The Labute approximate surface area is 463 Å². The lowest BCUT2D eigenvalue weighted by atomic mass is 10.1. The van der Waals surface area contributed by atoms with Crippen LogP contribution >= 0.6 is 0 Å². The van der Waals surface area contributed by atoms with Crippen molar-refractivity contribution in [1.29, 1.82) is 0 Å². The maximum atomic E-state index is 12.9. The summed E-state index contributed by atoms with van der Waals surface area (Å²) in [6.07, 6.45) is 85.1. The second-order valence-corrected chi connectivity index (χ2v) is 20.5. The summed E-state index contributed by atoms with van der Waals surface area (Å²) < 4.78 is 16.9. The lowest BCUT2D eigenvalue weighted by Crippen LogP contribution is -2.30. The molecular weight excluding hydrogens is 925 g/mol. The summed E-state index contributed by atoms with van der Waals surface area (Å²) in [6, 6.07) is 0. The van der Waals surface area contributed by atoms with Gasteiger partial charge in [-0.1, -0.05) is 259 Å². The largest absolute Gasteiger partial charge is 0.462 e. The Hall–Kier alpha value is -3.93. The van der Waals surface area contributed by atoms with Crippen molar-refractivity contribution in [3.05, 3.63) is 109 Å². The first-order chi connectivity index (χ1) is 37.0. The molecule has 0 aliphatic carbocycles. The maximum Gasteiger partial charge on any atom is 0.306 e. The van der Waals surface area contributed by atoms with E-state index < -0.39 is 6.10 Å². The minimum Gasteiger partial charge on any atom is -0.462 e. The number of ether oxygens (including phenoxy) is 3. The zero-order valence-electron chi connectivity index (χ0n) is 49.0. The highest BCUT2D eigenvalue weighted by Crippen LogP contribution is 2.15. The molecule has 6 heteroatoms. The third-order valence-electron chi connectivity index (χ3n) is 13.2. The van der Waals surface area contributed by atoms with Gasteiger partial charge in [0.05, 0.1) is 0 Å². The summed E-state index contributed by atoms with van der Waals surface area (Å²) in [5.41, 5.74) is 0. The molecule has 0 aromatic carbocycles. The van der Waals surface area contributed by atoms with Crippen molar-refractivity contribution in [3.63, 3.8) is 0 Å². The summed E-state index contributed by atoms with van der Waals surface area (Å²) in [6.45, 7) is 6.40. The van der Waals surface area contributed by atoms with Crippen molar-refractivity contribution in [2.45, 2.75) is 297 Å². The Morgan fingerprint density at radius 3 is 0.827 bits per heavy atom. The standard InChI is InChI=1S/C69H116O6/c1-4-7-10-13-16-19-22-25-28-31-32-33-34-35-36-39-41-44-47-50-53-56-59-62-68(71)74-65-66(75-69(72)63-60-57-54-51-48-45-42-38-30-27-24-21-18-15-12-9-6-3)64-73-67(70)61-58-55-52-49-46-43-40-37-29-26-23-20-17-14-11-8-5-2/h7,9-10,12,16,18-19,21,25-30,32-33,42,45,66H,4-6,8,11,13-15,17,20,22-24,31,34-41,43-44,46-65H2,1-3H3/b10-7-,12-9-,19-16-,21-18-,28-25-,29-26-,30-27-,33-32-,45-42-. The highest BCUT2D eigenvalue weighted by Gasteiger charge is 2.19. The summed E-state index contributed by atoms with van der Waals surface area (Å²) in [5, 5.41) is 0. The molecule has 428 valence electrons. The van der Waals surface area contributed by atoms with E-state index in [0.29, 0.717) is 19.3 Å². The second kappa shape index (κ2) is 62.6. The van der Waals surface area contributed by atoms with E-state index in [1.165, 1.54) is 128 Å². The summed E-state index contributed by atoms with van der Waals surface area (Å²) in [7, 11) is 0. The highest BCUT2D eigenvalue weighted by molar-refractivity contribution is 5.71. The van der Waals surface area contributed by atoms with Crippen molar-refractivity contribution < 1.29 is 28.6 Å². The molecule has 0 saturated heterocycles. The number of allylic oxidation sites excluding steroid dienone is 18. The van der Waals surface area contributed by atoms with Gasteiger partial charge >= 0.3 is 17.9 Å². The normalized spacial score (nSPS) is 12.8.